The van der Waals surface area contributed by atoms with Crippen LogP contribution < -0.4 is 4.90 Å². The molecular formula is C21H28N6O2. The molecule has 1 amide bonds. The topological polar surface area (TPSA) is 77.1 Å². The van der Waals surface area contributed by atoms with Gasteiger partial charge in [0.2, 0.25) is 0 Å². The summed E-state index contributed by atoms with van der Waals surface area (Å²) < 4.78 is 7.28. The molecule has 2 fully saturated rings. The van der Waals surface area contributed by atoms with E-state index in [9.17, 15) is 10.1 Å². The Bertz CT molecular complexity index is 956. The lowest BCUT2D eigenvalue weighted by molar-refractivity contribution is -0.00655. The van der Waals surface area contributed by atoms with Crippen molar-refractivity contribution in [1.82, 2.24) is 19.4 Å². The van der Waals surface area contributed by atoms with Crippen LogP contribution in [-0.2, 0) is 4.74 Å². The number of hydrogen-bond donors (Lipinski definition) is 0. The highest BCUT2D eigenvalue weighted by Crippen LogP contribution is 2.29. The Kier molecular flexibility index (Phi) is 4.87. The minimum atomic E-state index is -0.490. The van der Waals surface area contributed by atoms with E-state index in [0.29, 0.717) is 24.8 Å². The predicted molar refractivity (Wildman–Crippen MR) is 110 cm³/mol. The molecule has 4 rings (SSSR count). The monoisotopic (exact) mass is 396 g/mol. The first-order chi connectivity index (χ1) is 13.8. The molecule has 2 atom stereocenters. The van der Waals surface area contributed by atoms with Crippen LogP contribution in [0.3, 0.4) is 0 Å². The first-order valence-electron chi connectivity index (χ1n) is 10.1. The van der Waals surface area contributed by atoms with Gasteiger partial charge in [0.1, 0.15) is 17.4 Å². The summed E-state index contributed by atoms with van der Waals surface area (Å²) in [4.78, 5) is 19.2. The number of amides is 1. The molecule has 8 nitrogen and oxygen atoms in total. The SMILES string of the molecule is C[C@@H]1CN(c2ccc(C#N)n3nccc23)C[C@@H]2CN(C(=O)OC(C)(C)C)CCN21. The summed E-state index contributed by atoms with van der Waals surface area (Å²) in [5, 5.41) is 13.6. The van der Waals surface area contributed by atoms with E-state index >= 15 is 0 Å². The molecule has 0 aromatic carbocycles. The van der Waals surface area contributed by atoms with Crippen molar-refractivity contribution in [1.29, 1.82) is 5.26 Å². The number of pyridine rings is 1. The van der Waals surface area contributed by atoms with Crippen molar-refractivity contribution < 1.29 is 9.53 Å². The number of piperazine rings is 2. The zero-order chi connectivity index (χ0) is 20.8. The molecule has 154 valence electrons. The molecule has 0 bridgehead atoms. The Hall–Kier alpha value is -2.79. The number of ether oxygens (including phenoxy) is 1. The Labute approximate surface area is 171 Å². The van der Waals surface area contributed by atoms with Gasteiger partial charge in [-0.2, -0.15) is 10.4 Å². The molecule has 2 aromatic rings. The molecule has 0 radical (unpaired) electrons. The third-order valence-electron chi connectivity index (χ3n) is 5.65. The van der Waals surface area contributed by atoms with Crippen LogP contribution in [0.4, 0.5) is 10.5 Å². The van der Waals surface area contributed by atoms with Gasteiger partial charge in [-0.05, 0) is 45.9 Å². The molecule has 2 aromatic heterocycles. The van der Waals surface area contributed by atoms with Crippen molar-refractivity contribution in [3.05, 3.63) is 30.1 Å². The number of rotatable bonds is 1. The predicted octanol–water partition coefficient (Wildman–Crippen LogP) is 2.34. The van der Waals surface area contributed by atoms with Gasteiger partial charge in [0, 0.05) is 44.8 Å². The van der Waals surface area contributed by atoms with E-state index in [2.05, 4.69) is 27.9 Å². The summed E-state index contributed by atoms with van der Waals surface area (Å²) in [7, 11) is 0. The Morgan fingerprint density at radius 1 is 1.21 bits per heavy atom. The fourth-order valence-electron chi connectivity index (χ4n) is 4.41. The molecule has 2 saturated heterocycles. The number of aromatic nitrogens is 2. The first kappa shape index (κ1) is 19.5. The van der Waals surface area contributed by atoms with Crippen molar-refractivity contribution in [3.8, 4) is 6.07 Å². The van der Waals surface area contributed by atoms with Crippen LogP contribution in [0.2, 0.25) is 0 Å². The molecule has 0 aliphatic carbocycles. The fourth-order valence-corrected chi connectivity index (χ4v) is 4.41. The maximum atomic E-state index is 12.6. The van der Waals surface area contributed by atoms with Gasteiger partial charge in [-0.15, -0.1) is 0 Å². The van der Waals surface area contributed by atoms with Crippen LogP contribution in [0.1, 0.15) is 33.4 Å². The van der Waals surface area contributed by atoms with E-state index in [1.165, 1.54) is 0 Å². The summed E-state index contributed by atoms with van der Waals surface area (Å²) >= 11 is 0. The second-order valence-electron chi connectivity index (χ2n) is 8.92. The summed E-state index contributed by atoms with van der Waals surface area (Å²) in [6.45, 7) is 11.8. The Balaban J connectivity index is 1.55. The maximum absolute atomic E-state index is 12.6. The molecule has 0 saturated carbocycles. The molecule has 2 aliphatic rings. The molecule has 0 unspecified atom stereocenters. The Morgan fingerprint density at radius 2 is 2.00 bits per heavy atom. The molecule has 4 heterocycles. The van der Waals surface area contributed by atoms with Crippen LogP contribution >= 0.6 is 0 Å². The zero-order valence-electron chi connectivity index (χ0n) is 17.5. The van der Waals surface area contributed by atoms with Crippen molar-refractivity contribution in [2.75, 3.05) is 37.6 Å². The van der Waals surface area contributed by atoms with Crippen LogP contribution in [0, 0.1) is 11.3 Å². The van der Waals surface area contributed by atoms with E-state index in [0.717, 1.165) is 30.8 Å². The number of carbonyl (C=O) groups excluding carboxylic acids is 1. The average Bonchev–Trinajstić information content (AvgIpc) is 3.15. The molecular weight excluding hydrogens is 368 g/mol. The third kappa shape index (κ3) is 3.75. The average molecular weight is 396 g/mol. The molecule has 8 heteroatoms. The number of fused-ring (bicyclic) bond motifs is 2. The van der Waals surface area contributed by atoms with E-state index in [4.69, 9.17) is 4.74 Å². The van der Waals surface area contributed by atoms with E-state index < -0.39 is 5.60 Å². The number of nitriles is 1. The van der Waals surface area contributed by atoms with Gasteiger partial charge < -0.3 is 14.5 Å². The van der Waals surface area contributed by atoms with Gasteiger partial charge in [0.05, 0.1) is 17.4 Å². The zero-order valence-corrected chi connectivity index (χ0v) is 17.5. The van der Waals surface area contributed by atoms with Crippen LogP contribution in [-0.4, -0.2) is 75.9 Å². The van der Waals surface area contributed by atoms with Crippen LogP contribution in [0.5, 0.6) is 0 Å². The Morgan fingerprint density at radius 3 is 2.72 bits per heavy atom. The summed E-state index contributed by atoms with van der Waals surface area (Å²) in [5.41, 5.74) is 2.04. The van der Waals surface area contributed by atoms with Gasteiger partial charge in [-0.1, -0.05) is 0 Å². The largest absolute Gasteiger partial charge is 0.444 e. The lowest BCUT2D eigenvalue weighted by Gasteiger charge is -2.51. The standard InChI is InChI=1S/C21H28N6O2/c1-15-12-25(18-6-5-16(11-22)27-19(18)7-8-23-27)14-17-13-24(9-10-26(15)17)20(28)29-21(2,3)4/h5-8,15,17H,9-10,12-14H2,1-4H3/t15-,17+/m1/s1. The molecule has 0 spiro atoms. The number of anilines is 1. The first-order valence-corrected chi connectivity index (χ1v) is 10.1. The van der Waals surface area contributed by atoms with Gasteiger partial charge >= 0.3 is 6.09 Å². The molecule has 0 N–H and O–H groups in total. The van der Waals surface area contributed by atoms with Gasteiger partial charge in [0.25, 0.3) is 0 Å². The van der Waals surface area contributed by atoms with Crippen molar-refractivity contribution >= 4 is 17.3 Å². The number of carbonyl (C=O) groups is 1. The van der Waals surface area contributed by atoms with Crippen molar-refractivity contribution in [2.24, 2.45) is 0 Å². The highest BCUT2D eigenvalue weighted by Gasteiger charge is 2.39. The summed E-state index contributed by atoms with van der Waals surface area (Å²) in [6, 6.07) is 8.57. The lowest BCUT2D eigenvalue weighted by atomic mass is 10.0. The summed E-state index contributed by atoms with van der Waals surface area (Å²) in [5.74, 6) is 0. The van der Waals surface area contributed by atoms with Gasteiger partial charge in [0.15, 0.2) is 0 Å². The second-order valence-corrected chi connectivity index (χ2v) is 8.92. The minimum absolute atomic E-state index is 0.235. The van der Waals surface area contributed by atoms with Crippen molar-refractivity contribution in [3.63, 3.8) is 0 Å². The fraction of sp³-hybridized carbons (Fsp3) is 0.571. The quantitative estimate of drug-likeness (QED) is 0.736. The number of hydrogen-bond acceptors (Lipinski definition) is 6. The lowest BCUT2D eigenvalue weighted by Crippen LogP contribution is -2.66. The highest BCUT2D eigenvalue weighted by molar-refractivity contribution is 5.74. The van der Waals surface area contributed by atoms with Crippen LogP contribution in [0.25, 0.3) is 5.52 Å². The highest BCUT2D eigenvalue weighted by atomic mass is 16.6. The smallest absolute Gasteiger partial charge is 0.410 e. The van der Waals surface area contributed by atoms with E-state index in [1.807, 2.05) is 43.9 Å². The maximum Gasteiger partial charge on any atom is 0.410 e. The van der Waals surface area contributed by atoms with Crippen molar-refractivity contribution in [2.45, 2.75) is 45.4 Å². The van der Waals surface area contributed by atoms with E-state index in [1.54, 1.807) is 10.7 Å². The summed E-state index contributed by atoms with van der Waals surface area (Å²) in [6.07, 6.45) is 1.49. The molecule has 29 heavy (non-hydrogen) atoms. The van der Waals surface area contributed by atoms with E-state index in [-0.39, 0.29) is 12.1 Å². The minimum Gasteiger partial charge on any atom is -0.444 e. The van der Waals surface area contributed by atoms with Crippen LogP contribution in [0.15, 0.2) is 24.4 Å². The molecule has 2 aliphatic heterocycles. The van der Waals surface area contributed by atoms with Gasteiger partial charge in [-0.25, -0.2) is 9.31 Å². The van der Waals surface area contributed by atoms with Gasteiger partial charge in [-0.3, -0.25) is 4.90 Å². The number of nitrogens with zero attached hydrogens (tertiary/aromatic N) is 6. The normalized spacial score (nSPS) is 23.0. The third-order valence-corrected chi connectivity index (χ3v) is 5.65. The second kappa shape index (κ2) is 7.23.